The molecule has 0 saturated carbocycles. The summed E-state index contributed by atoms with van der Waals surface area (Å²) >= 11 is 0. The number of sulfonamides is 1. The Morgan fingerprint density at radius 3 is 2.62 bits per heavy atom. The van der Waals surface area contributed by atoms with Gasteiger partial charge in [-0.05, 0) is 44.4 Å². The van der Waals surface area contributed by atoms with Gasteiger partial charge in [0.05, 0.1) is 6.04 Å². The number of aryl methyl sites for hydroxylation is 2. The normalized spacial score (nSPS) is 20.0. The monoisotopic (exact) mass is 307 g/mol. The molecule has 0 radical (unpaired) electrons. The van der Waals surface area contributed by atoms with E-state index in [0.29, 0.717) is 18.0 Å². The summed E-state index contributed by atoms with van der Waals surface area (Å²) in [7, 11) is -3.60. The quantitative estimate of drug-likeness (QED) is 0.869. The molecule has 0 aliphatic carbocycles. The fraction of sp³-hybridized carbons (Fsp3) is 0.429. The van der Waals surface area contributed by atoms with Gasteiger partial charge < -0.3 is 4.52 Å². The lowest BCUT2D eigenvalue weighted by atomic mass is 10.1. The van der Waals surface area contributed by atoms with Crippen LogP contribution in [-0.2, 0) is 10.0 Å². The molecule has 2 aromatic rings. The zero-order valence-electron chi connectivity index (χ0n) is 12.0. The number of nitrogens with zero attached hydrogens (tertiary/aromatic N) is 3. The van der Waals surface area contributed by atoms with Crippen LogP contribution in [-0.4, -0.2) is 29.4 Å². The molecule has 1 fully saturated rings. The Kier molecular flexibility index (Phi) is 3.54. The van der Waals surface area contributed by atoms with Crippen molar-refractivity contribution in [1.29, 1.82) is 0 Å². The van der Waals surface area contributed by atoms with Crippen LogP contribution in [0.4, 0.5) is 0 Å². The van der Waals surface area contributed by atoms with Crippen molar-refractivity contribution in [2.24, 2.45) is 0 Å². The number of hydrogen-bond acceptors (Lipinski definition) is 5. The first-order valence-corrected chi connectivity index (χ1v) is 8.30. The number of aromatic nitrogens is 2. The molecule has 0 unspecified atom stereocenters. The van der Waals surface area contributed by atoms with Crippen LogP contribution in [0.1, 0.15) is 35.9 Å². The summed E-state index contributed by atoms with van der Waals surface area (Å²) < 4.78 is 32.4. The molecule has 0 N–H and O–H groups in total. The Balaban J connectivity index is 2.03. The number of pyridine rings is 1. The molecule has 0 spiro atoms. The van der Waals surface area contributed by atoms with Gasteiger partial charge in [0.15, 0.2) is 5.76 Å². The molecule has 6 nitrogen and oxygen atoms in total. The maximum Gasteiger partial charge on any atom is 0.249 e. The molecular weight excluding hydrogens is 290 g/mol. The Hall–Kier alpha value is -1.73. The van der Waals surface area contributed by atoms with Gasteiger partial charge in [-0.15, -0.1) is 0 Å². The molecular formula is C14H17N3O3S. The van der Waals surface area contributed by atoms with Crippen molar-refractivity contribution in [1.82, 2.24) is 14.4 Å². The summed E-state index contributed by atoms with van der Waals surface area (Å²) in [6, 6.07) is 3.59. The van der Waals surface area contributed by atoms with Crippen molar-refractivity contribution in [2.45, 2.75) is 37.6 Å². The summed E-state index contributed by atoms with van der Waals surface area (Å²) in [5, 5.41) is 3.76. The van der Waals surface area contributed by atoms with Crippen molar-refractivity contribution in [3.05, 3.63) is 41.5 Å². The van der Waals surface area contributed by atoms with E-state index in [1.165, 1.54) is 0 Å². The standard InChI is InChI=1S/C14H17N3O3S/c1-10-14(11(2)20-16-10)21(18,19)17-9-3-4-13(17)12-5-7-15-8-6-12/h5-8,13H,3-4,9H2,1-2H3/t13-/m1/s1. The summed E-state index contributed by atoms with van der Waals surface area (Å²) in [5.41, 5.74) is 1.38. The van der Waals surface area contributed by atoms with Crippen molar-refractivity contribution in [2.75, 3.05) is 6.54 Å². The minimum atomic E-state index is -3.60. The van der Waals surface area contributed by atoms with Crippen LogP contribution >= 0.6 is 0 Å². The first-order chi connectivity index (χ1) is 10.0. The summed E-state index contributed by atoms with van der Waals surface area (Å²) in [5.74, 6) is 0.341. The lowest BCUT2D eigenvalue weighted by Gasteiger charge is -2.24. The van der Waals surface area contributed by atoms with Crippen LogP contribution in [0.15, 0.2) is 33.9 Å². The maximum absolute atomic E-state index is 12.9. The average Bonchev–Trinajstić information content (AvgIpc) is 3.07. The molecule has 21 heavy (non-hydrogen) atoms. The van der Waals surface area contributed by atoms with E-state index in [9.17, 15) is 8.42 Å². The van der Waals surface area contributed by atoms with Gasteiger partial charge in [-0.3, -0.25) is 4.98 Å². The predicted octanol–water partition coefficient (Wildman–Crippen LogP) is 2.21. The third-order valence-electron chi connectivity index (χ3n) is 3.83. The van der Waals surface area contributed by atoms with E-state index in [0.717, 1.165) is 18.4 Å². The van der Waals surface area contributed by atoms with Crippen molar-refractivity contribution in [3.63, 3.8) is 0 Å². The van der Waals surface area contributed by atoms with Crippen LogP contribution < -0.4 is 0 Å². The summed E-state index contributed by atoms with van der Waals surface area (Å²) in [4.78, 5) is 4.19. The SMILES string of the molecule is Cc1noc(C)c1S(=O)(=O)N1CCC[C@@H]1c1ccncc1. The second-order valence-corrected chi connectivity index (χ2v) is 7.04. The Morgan fingerprint density at radius 2 is 2.00 bits per heavy atom. The van der Waals surface area contributed by atoms with Gasteiger partial charge in [0, 0.05) is 18.9 Å². The van der Waals surface area contributed by atoms with E-state index < -0.39 is 10.0 Å². The van der Waals surface area contributed by atoms with Crippen molar-refractivity contribution < 1.29 is 12.9 Å². The number of hydrogen-bond donors (Lipinski definition) is 0. The van der Waals surface area contributed by atoms with Gasteiger partial charge >= 0.3 is 0 Å². The average molecular weight is 307 g/mol. The van der Waals surface area contributed by atoms with Crippen LogP contribution in [0.25, 0.3) is 0 Å². The van der Waals surface area contributed by atoms with E-state index >= 15 is 0 Å². The van der Waals surface area contributed by atoms with Crippen LogP contribution in [0.3, 0.4) is 0 Å². The Morgan fingerprint density at radius 1 is 1.29 bits per heavy atom. The fourth-order valence-corrected chi connectivity index (χ4v) is 4.88. The first kappa shape index (κ1) is 14.2. The molecule has 0 bridgehead atoms. The summed E-state index contributed by atoms with van der Waals surface area (Å²) in [6.45, 7) is 3.80. The van der Waals surface area contributed by atoms with Gasteiger partial charge in [-0.2, -0.15) is 4.31 Å². The lowest BCUT2D eigenvalue weighted by molar-refractivity contribution is 0.384. The molecule has 2 aromatic heterocycles. The molecule has 7 heteroatoms. The topological polar surface area (TPSA) is 76.3 Å². The largest absolute Gasteiger partial charge is 0.360 e. The van der Waals surface area contributed by atoms with Gasteiger partial charge in [-0.1, -0.05) is 5.16 Å². The van der Waals surface area contributed by atoms with E-state index in [1.807, 2.05) is 12.1 Å². The smallest absolute Gasteiger partial charge is 0.249 e. The van der Waals surface area contributed by atoms with E-state index in [4.69, 9.17) is 4.52 Å². The Labute approximate surface area is 123 Å². The van der Waals surface area contributed by atoms with E-state index in [2.05, 4.69) is 10.1 Å². The second-order valence-electron chi connectivity index (χ2n) is 5.21. The lowest BCUT2D eigenvalue weighted by Crippen LogP contribution is -2.31. The minimum Gasteiger partial charge on any atom is -0.360 e. The predicted molar refractivity (Wildman–Crippen MR) is 76.1 cm³/mol. The highest BCUT2D eigenvalue weighted by Gasteiger charge is 2.39. The van der Waals surface area contributed by atoms with Gasteiger partial charge in [0.25, 0.3) is 0 Å². The van der Waals surface area contributed by atoms with Gasteiger partial charge in [0.2, 0.25) is 10.0 Å². The van der Waals surface area contributed by atoms with Crippen molar-refractivity contribution >= 4 is 10.0 Å². The second kappa shape index (κ2) is 5.23. The minimum absolute atomic E-state index is 0.147. The molecule has 3 heterocycles. The highest BCUT2D eigenvalue weighted by molar-refractivity contribution is 7.89. The molecule has 3 rings (SSSR count). The van der Waals surface area contributed by atoms with Crippen LogP contribution in [0.2, 0.25) is 0 Å². The summed E-state index contributed by atoms with van der Waals surface area (Å²) in [6.07, 6.45) is 5.03. The number of rotatable bonds is 3. The Bertz CT molecular complexity index is 721. The third kappa shape index (κ3) is 2.36. The van der Waals surface area contributed by atoms with Gasteiger partial charge in [0.1, 0.15) is 10.6 Å². The molecule has 0 amide bonds. The third-order valence-corrected chi connectivity index (χ3v) is 5.98. The van der Waals surface area contributed by atoms with Gasteiger partial charge in [-0.25, -0.2) is 8.42 Å². The maximum atomic E-state index is 12.9. The molecule has 1 aliphatic rings. The highest BCUT2D eigenvalue weighted by atomic mass is 32.2. The zero-order chi connectivity index (χ0) is 15.0. The first-order valence-electron chi connectivity index (χ1n) is 6.86. The molecule has 112 valence electrons. The van der Waals surface area contributed by atoms with Crippen LogP contribution in [0, 0.1) is 13.8 Å². The molecule has 1 saturated heterocycles. The molecule has 0 aromatic carbocycles. The van der Waals surface area contributed by atoms with E-state index in [-0.39, 0.29) is 10.9 Å². The highest BCUT2D eigenvalue weighted by Crippen LogP contribution is 2.37. The van der Waals surface area contributed by atoms with Crippen molar-refractivity contribution in [3.8, 4) is 0 Å². The molecule has 1 aliphatic heterocycles. The fourth-order valence-electron chi connectivity index (χ4n) is 2.91. The molecule has 1 atom stereocenters. The zero-order valence-corrected chi connectivity index (χ0v) is 12.8. The van der Waals surface area contributed by atoms with Crippen LogP contribution in [0.5, 0.6) is 0 Å². The van der Waals surface area contributed by atoms with E-state index in [1.54, 1.807) is 30.5 Å².